The van der Waals surface area contributed by atoms with Crippen LogP contribution in [-0.4, -0.2) is 45.6 Å². The van der Waals surface area contributed by atoms with Gasteiger partial charge in [0.2, 0.25) is 4.96 Å². The first-order valence-corrected chi connectivity index (χ1v) is 8.04. The minimum Gasteiger partial charge on any atom is -0.465 e. The van der Waals surface area contributed by atoms with Gasteiger partial charge >= 0.3 is 5.97 Å². The van der Waals surface area contributed by atoms with Crippen molar-refractivity contribution >= 4 is 22.3 Å². The monoisotopic (exact) mass is 308 g/mol. The standard InChI is InChI=1S/C13H16N4O3S/c1-2-20-11(18)13(4-5-13)10-16-17-9(8-3-6-19-7-8)14-15-12(17)21-10/h8H,2-7H2,1H3. The van der Waals surface area contributed by atoms with Gasteiger partial charge in [0.05, 0.1) is 13.2 Å². The summed E-state index contributed by atoms with van der Waals surface area (Å²) in [6.45, 7) is 3.64. The van der Waals surface area contributed by atoms with E-state index in [1.54, 1.807) is 4.52 Å². The van der Waals surface area contributed by atoms with Gasteiger partial charge in [-0.3, -0.25) is 4.79 Å². The van der Waals surface area contributed by atoms with E-state index in [1.807, 2.05) is 6.92 Å². The molecule has 2 fully saturated rings. The Kier molecular flexibility index (Phi) is 2.97. The van der Waals surface area contributed by atoms with E-state index in [9.17, 15) is 4.79 Å². The van der Waals surface area contributed by atoms with Crippen molar-refractivity contribution in [3.63, 3.8) is 0 Å². The normalized spacial score (nSPS) is 23.6. The highest BCUT2D eigenvalue weighted by Crippen LogP contribution is 2.50. The fourth-order valence-corrected chi connectivity index (χ4v) is 3.80. The Hall–Kier alpha value is -1.54. The van der Waals surface area contributed by atoms with Crippen molar-refractivity contribution in [3.8, 4) is 0 Å². The molecule has 1 saturated heterocycles. The van der Waals surface area contributed by atoms with E-state index in [0.717, 1.165) is 41.7 Å². The van der Waals surface area contributed by atoms with Crippen LogP contribution in [0.15, 0.2) is 0 Å². The molecule has 3 heterocycles. The molecule has 4 rings (SSSR count). The summed E-state index contributed by atoms with van der Waals surface area (Å²) in [5.74, 6) is 0.915. The zero-order valence-electron chi connectivity index (χ0n) is 11.7. The number of carbonyl (C=O) groups is 1. The van der Waals surface area contributed by atoms with Gasteiger partial charge in [-0.15, -0.1) is 10.2 Å². The summed E-state index contributed by atoms with van der Waals surface area (Å²) >= 11 is 1.44. The lowest BCUT2D eigenvalue weighted by atomic mass is 10.1. The van der Waals surface area contributed by atoms with E-state index in [4.69, 9.17) is 9.47 Å². The van der Waals surface area contributed by atoms with E-state index in [-0.39, 0.29) is 11.9 Å². The molecule has 2 aliphatic rings. The number of rotatable bonds is 4. The Morgan fingerprint density at radius 3 is 3.05 bits per heavy atom. The largest absolute Gasteiger partial charge is 0.465 e. The lowest BCUT2D eigenvalue weighted by molar-refractivity contribution is -0.146. The van der Waals surface area contributed by atoms with Crippen molar-refractivity contribution in [3.05, 3.63) is 10.8 Å². The average molecular weight is 308 g/mol. The van der Waals surface area contributed by atoms with E-state index >= 15 is 0 Å². The zero-order valence-corrected chi connectivity index (χ0v) is 12.6. The van der Waals surface area contributed by atoms with Crippen LogP contribution in [0.4, 0.5) is 0 Å². The zero-order chi connectivity index (χ0) is 14.4. The highest BCUT2D eigenvalue weighted by Gasteiger charge is 2.56. The van der Waals surface area contributed by atoms with E-state index in [0.29, 0.717) is 13.2 Å². The molecule has 0 radical (unpaired) electrons. The summed E-state index contributed by atoms with van der Waals surface area (Å²) in [7, 11) is 0. The van der Waals surface area contributed by atoms with E-state index < -0.39 is 5.41 Å². The Labute approximate surface area is 125 Å². The lowest BCUT2D eigenvalue weighted by Gasteiger charge is -2.09. The first-order chi connectivity index (χ1) is 10.2. The number of hydrogen-bond donors (Lipinski definition) is 0. The van der Waals surface area contributed by atoms with Gasteiger partial charge in [0, 0.05) is 12.5 Å². The maximum atomic E-state index is 12.1. The highest BCUT2D eigenvalue weighted by molar-refractivity contribution is 7.17. The Bertz CT molecular complexity index is 685. The molecule has 0 spiro atoms. The van der Waals surface area contributed by atoms with Gasteiger partial charge in [0.1, 0.15) is 10.4 Å². The van der Waals surface area contributed by atoms with Gasteiger partial charge in [0.25, 0.3) is 0 Å². The molecule has 1 aliphatic carbocycles. The third-order valence-electron chi connectivity index (χ3n) is 4.14. The van der Waals surface area contributed by atoms with Crippen LogP contribution in [0.5, 0.6) is 0 Å². The van der Waals surface area contributed by atoms with Crippen LogP contribution in [0, 0.1) is 0 Å². The van der Waals surface area contributed by atoms with E-state index in [2.05, 4.69) is 15.3 Å². The Balaban J connectivity index is 1.70. The fourth-order valence-electron chi connectivity index (χ4n) is 2.72. The molecular weight excluding hydrogens is 292 g/mol. The van der Waals surface area contributed by atoms with Crippen molar-refractivity contribution in [2.75, 3.05) is 19.8 Å². The highest BCUT2D eigenvalue weighted by atomic mass is 32.1. The fraction of sp³-hybridized carbons (Fsp3) is 0.692. The second-order valence-corrected chi connectivity index (χ2v) is 6.48. The molecule has 0 amide bonds. The molecule has 2 aromatic heterocycles. The van der Waals surface area contributed by atoms with Gasteiger partial charge < -0.3 is 9.47 Å². The maximum Gasteiger partial charge on any atom is 0.319 e. The van der Waals surface area contributed by atoms with Gasteiger partial charge in [-0.25, -0.2) is 0 Å². The van der Waals surface area contributed by atoms with Crippen molar-refractivity contribution in [2.45, 2.75) is 37.5 Å². The predicted octanol–water partition coefficient (Wildman–Crippen LogP) is 1.28. The topological polar surface area (TPSA) is 78.6 Å². The molecule has 7 nitrogen and oxygen atoms in total. The third kappa shape index (κ3) is 1.96. The Morgan fingerprint density at radius 1 is 1.52 bits per heavy atom. The molecule has 1 saturated carbocycles. The predicted molar refractivity (Wildman–Crippen MR) is 74.4 cm³/mol. The molecular formula is C13H16N4O3S. The van der Waals surface area contributed by atoms with Crippen molar-refractivity contribution in [1.82, 2.24) is 19.8 Å². The second kappa shape index (κ2) is 4.74. The number of carbonyl (C=O) groups excluding carboxylic acids is 1. The summed E-state index contributed by atoms with van der Waals surface area (Å²) in [5.41, 5.74) is -0.537. The summed E-state index contributed by atoms with van der Waals surface area (Å²) in [5, 5.41) is 13.8. The molecule has 1 atom stereocenters. The first kappa shape index (κ1) is 13.1. The van der Waals surface area contributed by atoms with Crippen molar-refractivity contribution in [2.24, 2.45) is 0 Å². The summed E-state index contributed by atoms with van der Waals surface area (Å²) in [6, 6.07) is 0. The van der Waals surface area contributed by atoms with Gasteiger partial charge in [-0.1, -0.05) is 11.3 Å². The molecule has 0 N–H and O–H groups in total. The number of ether oxygens (including phenoxy) is 2. The number of esters is 1. The van der Waals surface area contributed by atoms with Crippen LogP contribution >= 0.6 is 11.3 Å². The SMILES string of the molecule is CCOC(=O)C1(c2nn3c(C4CCOC4)nnc3s2)CC1. The van der Waals surface area contributed by atoms with Crippen LogP contribution in [0.1, 0.15) is 42.9 Å². The number of aromatic nitrogens is 4. The molecule has 112 valence electrons. The van der Waals surface area contributed by atoms with Crippen LogP contribution in [0.2, 0.25) is 0 Å². The van der Waals surface area contributed by atoms with Crippen LogP contribution in [0.25, 0.3) is 4.96 Å². The van der Waals surface area contributed by atoms with Crippen molar-refractivity contribution in [1.29, 1.82) is 0 Å². The molecule has 1 unspecified atom stereocenters. The molecule has 8 heteroatoms. The molecule has 2 aromatic rings. The molecule has 0 bridgehead atoms. The summed E-state index contributed by atoms with van der Waals surface area (Å²) in [6.07, 6.45) is 2.55. The Morgan fingerprint density at radius 2 is 2.38 bits per heavy atom. The average Bonchev–Trinajstić information content (AvgIpc) is 2.85. The molecule has 21 heavy (non-hydrogen) atoms. The smallest absolute Gasteiger partial charge is 0.319 e. The van der Waals surface area contributed by atoms with E-state index in [1.165, 1.54) is 11.3 Å². The minimum absolute atomic E-state index is 0.166. The van der Waals surface area contributed by atoms with Gasteiger partial charge in [-0.05, 0) is 26.2 Å². The maximum absolute atomic E-state index is 12.1. The summed E-state index contributed by atoms with van der Waals surface area (Å²) in [4.78, 5) is 12.9. The summed E-state index contributed by atoms with van der Waals surface area (Å²) < 4.78 is 12.4. The van der Waals surface area contributed by atoms with Crippen LogP contribution in [0.3, 0.4) is 0 Å². The van der Waals surface area contributed by atoms with Crippen molar-refractivity contribution < 1.29 is 14.3 Å². The first-order valence-electron chi connectivity index (χ1n) is 7.22. The van der Waals surface area contributed by atoms with Crippen LogP contribution in [-0.2, 0) is 19.7 Å². The molecule has 1 aliphatic heterocycles. The van der Waals surface area contributed by atoms with Gasteiger partial charge in [0.15, 0.2) is 5.82 Å². The number of fused-ring (bicyclic) bond motifs is 1. The number of nitrogens with zero attached hydrogens (tertiary/aromatic N) is 4. The third-order valence-corrected chi connectivity index (χ3v) is 5.24. The minimum atomic E-state index is -0.537. The van der Waals surface area contributed by atoms with Crippen LogP contribution < -0.4 is 0 Å². The molecule has 0 aromatic carbocycles. The number of hydrogen-bond acceptors (Lipinski definition) is 7. The lowest BCUT2D eigenvalue weighted by Crippen LogP contribution is -2.23. The van der Waals surface area contributed by atoms with Gasteiger partial charge in [-0.2, -0.15) is 9.61 Å². The second-order valence-electron chi connectivity index (χ2n) is 5.52. The quantitative estimate of drug-likeness (QED) is 0.792.